The molecule has 4 nitrogen and oxygen atoms in total. The highest BCUT2D eigenvalue weighted by Crippen LogP contribution is 2.08. The molecule has 1 heterocycles. The van der Waals surface area contributed by atoms with Crippen molar-refractivity contribution >= 4 is 5.69 Å². The van der Waals surface area contributed by atoms with Gasteiger partial charge >= 0.3 is 0 Å². The number of nitrogens with zero attached hydrogens (tertiary/aromatic N) is 3. The van der Waals surface area contributed by atoms with E-state index in [0.29, 0.717) is 0 Å². The average molecular weight is 244 g/mol. The van der Waals surface area contributed by atoms with E-state index in [1.165, 1.54) is 5.56 Å². The van der Waals surface area contributed by atoms with Crippen molar-refractivity contribution in [1.82, 2.24) is 14.5 Å². The molecule has 96 valence electrons. The first-order valence-corrected chi connectivity index (χ1v) is 6.23. The van der Waals surface area contributed by atoms with Gasteiger partial charge in [0.15, 0.2) is 0 Å². The van der Waals surface area contributed by atoms with Crippen molar-refractivity contribution in [2.45, 2.75) is 19.5 Å². The lowest BCUT2D eigenvalue weighted by molar-refractivity contribution is 0.314. The molecule has 0 saturated heterocycles. The van der Waals surface area contributed by atoms with Crippen LogP contribution in [0.3, 0.4) is 0 Å². The van der Waals surface area contributed by atoms with Crippen LogP contribution in [0.5, 0.6) is 0 Å². The highest BCUT2D eigenvalue weighted by Gasteiger charge is 2.00. The van der Waals surface area contributed by atoms with Gasteiger partial charge in [-0.05, 0) is 37.7 Å². The van der Waals surface area contributed by atoms with Gasteiger partial charge in [-0.1, -0.05) is 12.1 Å². The van der Waals surface area contributed by atoms with Crippen molar-refractivity contribution in [3.8, 4) is 0 Å². The van der Waals surface area contributed by atoms with Crippen LogP contribution < -0.4 is 5.73 Å². The van der Waals surface area contributed by atoms with Crippen molar-refractivity contribution in [2.75, 3.05) is 19.3 Å². The molecule has 0 amide bonds. The van der Waals surface area contributed by atoms with E-state index in [1.54, 1.807) is 0 Å². The zero-order valence-electron chi connectivity index (χ0n) is 10.8. The van der Waals surface area contributed by atoms with Gasteiger partial charge in [0.1, 0.15) is 0 Å². The number of imidazole rings is 1. The van der Waals surface area contributed by atoms with E-state index >= 15 is 0 Å². The van der Waals surface area contributed by atoms with Gasteiger partial charge in [-0.15, -0.1) is 0 Å². The molecule has 4 heteroatoms. The average Bonchev–Trinajstić information content (AvgIpc) is 2.85. The van der Waals surface area contributed by atoms with Crippen molar-refractivity contribution in [2.24, 2.45) is 0 Å². The summed E-state index contributed by atoms with van der Waals surface area (Å²) in [5, 5.41) is 0. The van der Waals surface area contributed by atoms with Crippen molar-refractivity contribution in [3.05, 3.63) is 48.5 Å². The predicted molar refractivity (Wildman–Crippen MR) is 74.0 cm³/mol. The largest absolute Gasteiger partial charge is 0.399 e. The third-order valence-electron chi connectivity index (χ3n) is 2.95. The summed E-state index contributed by atoms with van der Waals surface area (Å²) in [7, 11) is 2.14. The first-order chi connectivity index (χ1) is 8.74. The Morgan fingerprint density at radius 3 is 2.72 bits per heavy atom. The van der Waals surface area contributed by atoms with Gasteiger partial charge < -0.3 is 15.2 Å². The molecular weight excluding hydrogens is 224 g/mol. The monoisotopic (exact) mass is 244 g/mol. The Kier molecular flexibility index (Phi) is 4.36. The highest BCUT2D eigenvalue weighted by atomic mass is 15.1. The number of nitrogen functional groups attached to an aromatic ring is 1. The van der Waals surface area contributed by atoms with Crippen molar-refractivity contribution in [3.63, 3.8) is 0 Å². The minimum atomic E-state index is 0.821. The predicted octanol–water partition coefficient (Wildman–Crippen LogP) is 1.99. The lowest BCUT2D eigenvalue weighted by Crippen LogP contribution is -2.20. The summed E-state index contributed by atoms with van der Waals surface area (Å²) in [5.74, 6) is 0. The number of anilines is 1. The van der Waals surface area contributed by atoms with Gasteiger partial charge in [0.2, 0.25) is 0 Å². The molecular formula is C14H20N4. The maximum absolute atomic E-state index is 5.67. The van der Waals surface area contributed by atoms with E-state index in [-0.39, 0.29) is 0 Å². The molecule has 0 saturated carbocycles. The normalized spacial score (nSPS) is 11.0. The summed E-state index contributed by atoms with van der Waals surface area (Å²) < 4.78 is 2.11. The first-order valence-electron chi connectivity index (χ1n) is 6.23. The lowest BCUT2D eigenvalue weighted by atomic mass is 10.2. The van der Waals surface area contributed by atoms with Crippen LogP contribution >= 0.6 is 0 Å². The molecule has 0 unspecified atom stereocenters. The second-order valence-electron chi connectivity index (χ2n) is 4.63. The number of aromatic nitrogens is 2. The second kappa shape index (κ2) is 6.21. The van der Waals surface area contributed by atoms with Crippen LogP contribution in [0.1, 0.15) is 12.0 Å². The summed E-state index contributed by atoms with van der Waals surface area (Å²) in [6.45, 7) is 3.05. The minimum Gasteiger partial charge on any atom is -0.399 e. The molecule has 18 heavy (non-hydrogen) atoms. The van der Waals surface area contributed by atoms with E-state index in [0.717, 1.165) is 31.7 Å². The Labute approximate surface area is 108 Å². The number of rotatable bonds is 6. The van der Waals surface area contributed by atoms with E-state index in [4.69, 9.17) is 5.73 Å². The second-order valence-corrected chi connectivity index (χ2v) is 4.63. The lowest BCUT2D eigenvalue weighted by Gasteiger charge is -2.16. The maximum atomic E-state index is 5.67. The Morgan fingerprint density at radius 2 is 2.06 bits per heavy atom. The van der Waals surface area contributed by atoms with Gasteiger partial charge in [-0.3, -0.25) is 0 Å². The van der Waals surface area contributed by atoms with E-state index in [1.807, 2.05) is 30.9 Å². The topological polar surface area (TPSA) is 47.1 Å². The van der Waals surface area contributed by atoms with Crippen LogP contribution in [0.25, 0.3) is 0 Å². The number of nitrogens with two attached hydrogens (primary N) is 1. The molecule has 2 N–H and O–H groups in total. The Hall–Kier alpha value is -1.81. The van der Waals surface area contributed by atoms with E-state index in [9.17, 15) is 0 Å². The van der Waals surface area contributed by atoms with Gasteiger partial charge in [0.05, 0.1) is 6.33 Å². The quantitative estimate of drug-likeness (QED) is 0.790. The molecule has 0 spiro atoms. The Bertz CT molecular complexity index is 447. The molecule has 0 atom stereocenters. The minimum absolute atomic E-state index is 0.821. The van der Waals surface area contributed by atoms with Crippen LogP contribution in [0.2, 0.25) is 0 Å². The Balaban J connectivity index is 1.71. The number of benzene rings is 1. The number of hydrogen-bond acceptors (Lipinski definition) is 3. The molecule has 0 fully saturated rings. The smallest absolute Gasteiger partial charge is 0.0945 e. The number of hydrogen-bond donors (Lipinski definition) is 1. The van der Waals surface area contributed by atoms with Gasteiger partial charge in [0, 0.05) is 31.2 Å². The summed E-state index contributed by atoms with van der Waals surface area (Å²) in [6.07, 6.45) is 6.81. The zero-order chi connectivity index (χ0) is 12.8. The van der Waals surface area contributed by atoms with Gasteiger partial charge in [-0.2, -0.15) is 0 Å². The molecule has 0 aliphatic carbocycles. The van der Waals surface area contributed by atoms with Crippen LogP contribution in [-0.2, 0) is 13.1 Å². The molecule has 1 aromatic carbocycles. The highest BCUT2D eigenvalue weighted by molar-refractivity contribution is 5.39. The third kappa shape index (κ3) is 3.89. The maximum Gasteiger partial charge on any atom is 0.0945 e. The SMILES string of the molecule is CN(CCCn1ccnc1)Cc1ccc(N)cc1. The first kappa shape index (κ1) is 12.6. The molecule has 1 aromatic heterocycles. The summed E-state index contributed by atoms with van der Waals surface area (Å²) in [6, 6.07) is 8.08. The van der Waals surface area contributed by atoms with Crippen molar-refractivity contribution < 1.29 is 0 Å². The van der Waals surface area contributed by atoms with Crippen LogP contribution in [0.4, 0.5) is 5.69 Å². The third-order valence-corrected chi connectivity index (χ3v) is 2.95. The molecule has 0 aliphatic heterocycles. The molecule has 2 aromatic rings. The standard InChI is InChI=1S/C14H20N4/c1-17(8-2-9-18-10-7-16-12-18)11-13-3-5-14(15)6-4-13/h3-7,10,12H,2,8-9,11,15H2,1H3. The van der Waals surface area contributed by atoms with Crippen LogP contribution in [0.15, 0.2) is 43.0 Å². The Morgan fingerprint density at radius 1 is 1.28 bits per heavy atom. The van der Waals surface area contributed by atoms with Gasteiger partial charge in [-0.25, -0.2) is 4.98 Å². The summed E-state index contributed by atoms with van der Waals surface area (Å²) >= 11 is 0. The molecule has 0 aliphatic rings. The molecule has 0 bridgehead atoms. The fraction of sp³-hybridized carbons (Fsp3) is 0.357. The van der Waals surface area contributed by atoms with E-state index < -0.39 is 0 Å². The van der Waals surface area contributed by atoms with Crippen LogP contribution in [-0.4, -0.2) is 28.0 Å². The molecule has 2 rings (SSSR count). The summed E-state index contributed by atoms with van der Waals surface area (Å²) in [4.78, 5) is 6.36. The molecule has 0 radical (unpaired) electrons. The van der Waals surface area contributed by atoms with Crippen LogP contribution in [0, 0.1) is 0 Å². The van der Waals surface area contributed by atoms with Crippen molar-refractivity contribution in [1.29, 1.82) is 0 Å². The van der Waals surface area contributed by atoms with Gasteiger partial charge in [0.25, 0.3) is 0 Å². The zero-order valence-corrected chi connectivity index (χ0v) is 10.8. The van der Waals surface area contributed by atoms with E-state index in [2.05, 4.69) is 33.6 Å². The fourth-order valence-electron chi connectivity index (χ4n) is 1.96. The fourth-order valence-corrected chi connectivity index (χ4v) is 1.96. The summed E-state index contributed by atoms with van der Waals surface area (Å²) in [5.41, 5.74) is 7.79. The number of aryl methyl sites for hydroxylation is 1.